The number of amides is 2. The molecule has 8 heteroatoms. The van der Waals surface area contributed by atoms with Crippen LogP contribution in [-0.2, 0) is 16.1 Å². The average molecular weight is 421 g/mol. The molecule has 148 valence electrons. The van der Waals surface area contributed by atoms with E-state index in [1.165, 1.54) is 0 Å². The lowest BCUT2D eigenvalue weighted by Crippen LogP contribution is -2.30. The van der Waals surface area contributed by atoms with Crippen molar-refractivity contribution in [3.8, 4) is 0 Å². The number of carboxylic acids is 1. The topological polar surface area (TPSA) is 95.5 Å². The van der Waals surface area contributed by atoms with Gasteiger partial charge in [0, 0.05) is 12.5 Å². The van der Waals surface area contributed by atoms with Gasteiger partial charge >= 0.3 is 5.97 Å². The number of halogens is 1. The Balaban J connectivity index is 1.61. The van der Waals surface area contributed by atoms with Gasteiger partial charge in [0.2, 0.25) is 5.91 Å². The summed E-state index contributed by atoms with van der Waals surface area (Å²) < 4.78 is 0.412. The predicted molar refractivity (Wildman–Crippen MR) is 109 cm³/mol. The highest BCUT2D eigenvalue weighted by Gasteiger charge is 2.30. The fourth-order valence-electron chi connectivity index (χ4n) is 3.31. The first-order chi connectivity index (χ1) is 13.4. The molecule has 6 nitrogen and oxygen atoms in total. The van der Waals surface area contributed by atoms with Gasteiger partial charge in [-0.2, -0.15) is 0 Å². The van der Waals surface area contributed by atoms with E-state index in [-0.39, 0.29) is 23.7 Å². The van der Waals surface area contributed by atoms with E-state index in [0.29, 0.717) is 47.1 Å². The number of carbonyl (C=O) groups excluding carboxylic acids is 2. The number of carboxylic acid groups (broad SMARTS) is 1. The lowest BCUT2D eigenvalue weighted by molar-refractivity contribution is -0.143. The fraction of sp³-hybridized carbons (Fsp3) is 0.350. The van der Waals surface area contributed by atoms with Gasteiger partial charge in [-0.3, -0.25) is 14.4 Å². The zero-order valence-corrected chi connectivity index (χ0v) is 16.7. The van der Waals surface area contributed by atoms with E-state index in [1.807, 2.05) is 30.3 Å². The summed E-state index contributed by atoms with van der Waals surface area (Å²) in [6.07, 6.45) is 2.03. The van der Waals surface area contributed by atoms with E-state index in [1.54, 1.807) is 6.07 Å². The number of aliphatic carboxylic acids is 1. The molecule has 1 aliphatic carbocycles. The summed E-state index contributed by atoms with van der Waals surface area (Å²) in [5.74, 6) is -1.94. The molecule has 0 atom stereocenters. The third kappa shape index (κ3) is 5.11. The Hall–Kier alpha value is -2.38. The maximum Gasteiger partial charge on any atom is 0.306 e. The largest absolute Gasteiger partial charge is 0.481 e. The first-order valence-electron chi connectivity index (χ1n) is 9.09. The normalized spacial score (nSPS) is 19.0. The summed E-state index contributed by atoms with van der Waals surface area (Å²) in [7, 11) is 0. The van der Waals surface area contributed by atoms with Crippen LogP contribution in [0.5, 0.6) is 0 Å². The quantitative estimate of drug-likeness (QED) is 0.653. The molecule has 0 aliphatic heterocycles. The molecular formula is C20H21ClN2O4S. The number of hydrogen-bond donors (Lipinski definition) is 3. The summed E-state index contributed by atoms with van der Waals surface area (Å²) >= 11 is 7.21. The van der Waals surface area contributed by atoms with Crippen LogP contribution in [0.1, 0.15) is 41.6 Å². The molecule has 3 N–H and O–H groups in total. The van der Waals surface area contributed by atoms with Crippen LogP contribution in [0, 0.1) is 11.8 Å². The van der Waals surface area contributed by atoms with Crippen molar-refractivity contribution in [1.29, 1.82) is 0 Å². The molecule has 1 fully saturated rings. The molecule has 2 amide bonds. The van der Waals surface area contributed by atoms with Crippen molar-refractivity contribution < 1.29 is 19.5 Å². The van der Waals surface area contributed by atoms with Crippen molar-refractivity contribution in [2.75, 3.05) is 5.32 Å². The maximum absolute atomic E-state index is 12.6. The molecule has 1 heterocycles. The van der Waals surface area contributed by atoms with Crippen molar-refractivity contribution >= 4 is 45.7 Å². The number of benzene rings is 1. The number of thiophene rings is 1. The molecule has 0 unspecified atom stereocenters. The predicted octanol–water partition coefficient (Wildman–Crippen LogP) is 4.16. The summed E-state index contributed by atoms with van der Waals surface area (Å²) in [5.41, 5.74) is 1.30. The molecule has 1 aromatic carbocycles. The van der Waals surface area contributed by atoms with Crippen LogP contribution in [0.25, 0.3) is 0 Å². The third-order valence-electron chi connectivity index (χ3n) is 4.93. The number of nitrogens with one attached hydrogen (secondary N) is 2. The molecule has 1 aromatic heterocycles. The molecule has 1 saturated carbocycles. The number of carbonyl (C=O) groups is 3. The SMILES string of the molecule is O=C(NCc1ccccc1)c1cc(Cl)sc1NC(=O)C1CCC(C(=O)O)CC1. The highest BCUT2D eigenvalue weighted by molar-refractivity contribution is 7.20. The van der Waals surface area contributed by atoms with Gasteiger partial charge in [0.05, 0.1) is 15.8 Å². The van der Waals surface area contributed by atoms with Crippen molar-refractivity contribution in [3.05, 3.63) is 51.9 Å². The number of hydrogen-bond acceptors (Lipinski definition) is 4. The van der Waals surface area contributed by atoms with E-state index in [4.69, 9.17) is 16.7 Å². The van der Waals surface area contributed by atoms with Crippen LogP contribution in [0.3, 0.4) is 0 Å². The van der Waals surface area contributed by atoms with Crippen LogP contribution in [-0.4, -0.2) is 22.9 Å². The zero-order valence-electron chi connectivity index (χ0n) is 15.1. The zero-order chi connectivity index (χ0) is 20.1. The van der Waals surface area contributed by atoms with Crippen LogP contribution >= 0.6 is 22.9 Å². The van der Waals surface area contributed by atoms with Gasteiger partial charge < -0.3 is 15.7 Å². The van der Waals surface area contributed by atoms with Crippen LogP contribution in [0.2, 0.25) is 4.34 Å². The van der Waals surface area contributed by atoms with E-state index in [2.05, 4.69) is 10.6 Å². The van der Waals surface area contributed by atoms with E-state index in [0.717, 1.165) is 16.9 Å². The minimum absolute atomic E-state index is 0.195. The van der Waals surface area contributed by atoms with Crippen molar-refractivity contribution in [1.82, 2.24) is 5.32 Å². The van der Waals surface area contributed by atoms with Crippen LogP contribution in [0.4, 0.5) is 5.00 Å². The second-order valence-electron chi connectivity index (χ2n) is 6.84. The minimum atomic E-state index is -0.804. The fourth-order valence-corrected chi connectivity index (χ4v) is 4.44. The molecule has 3 rings (SSSR count). The van der Waals surface area contributed by atoms with Gasteiger partial charge in [0.25, 0.3) is 5.91 Å². The third-order valence-corrected chi connectivity index (χ3v) is 6.11. The van der Waals surface area contributed by atoms with E-state index in [9.17, 15) is 14.4 Å². The monoisotopic (exact) mass is 420 g/mol. The Morgan fingerprint density at radius 3 is 2.36 bits per heavy atom. The molecule has 0 radical (unpaired) electrons. The standard InChI is InChI=1S/C20H21ClN2O4S/c21-16-10-15(18(25)22-11-12-4-2-1-3-5-12)19(28-16)23-17(24)13-6-8-14(9-7-13)20(26)27/h1-5,10,13-14H,6-9,11H2,(H,22,25)(H,23,24)(H,26,27). The number of rotatable bonds is 6. The Morgan fingerprint density at radius 2 is 1.71 bits per heavy atom. The summed E-state index contributed by atoms with van der Waals surface area (Å²) in [5, 5.41) is 15.1. The molecule has 28 heavy (non-hydrogen) atoms. The molecule has 0 bridgehead atoms. The minimum Gasteiger partial charge on any atom is -0.481 e. The van der Waals surface area contributed by atoms with Gasteiger partial charge in [-0.25, -0.2) is 0 Å². The van der Waals surface area contributed by atoms with Crippen molar-refractivity contribution in [2.45, 2.75) is 32.2 Å². The van der Waals surface area contributed by atoms with E-state index < -0.39 is 5.97 Å². The Kier molecular flexibility index (Phi) is 6.70. The van der Waals surface area contributed by atoms with E-state index >= 15 is 0 Å². The first-order valence-corrected chi connectivity index (χ1v) is 10.3. The molecular weight excluding hydrogens is 400 g/mol. The molecule has 0 spiro atoms. The van der Waals surface area contributed by atoms with Gasteiger partial charge in [-0.05, 0) is 37.3 Å². The molecule has 2 aromatic rings. The maximum atomic E-state index is 12.6. The Bertz CT molecular complexity index is 860. The second-order valence-corrected chi connectivity index (χ2v) is 8.52. The van der Waals surface area contributed by atoms with Crippen LogP contribution < -0.4 is 10.6 Å². The van der Waals surface area contributed by atoms with Crippen molar-refractivity contribution in [2.24, 2.45) is 11.8 Å². The molecule has 0 saturated heterocycles. The summed E-state index contributed by atoms with van der Waals surface area (Å²) in [6.45, 7) is 0.375. The average Bonchev–Trinajstić information content (AvgIpc) is 3.07. The van der Waals surface area contributed by atoms with Gasteiger partial charge in [0.15, 0.2) is 0 Å². The van der Waals surface area contributed by atoms with Gasteiger partial charge in [-0.15, -0.1) is 11.3 Å². The van der Waals surface area contributed by atoms with Crippen molar-refractivity contribution in [3.63, 3.8) is 0 Å². The molecule has 1 aliphatic rings. The Labute approximate surface area is 171 Å². The summed E-state index contributed by atoms with van der Waals surface area (Å²) in [6, 6.07) is 11.1. The lowest BCUT2D eigenvalue weighted by atomic mass is 9.81. The number of anilines is 1. The van der Waals surface area contributed by atoms with Gasteiger partial charge in [0.1, 0.15) is 5.00 Å². The highest BCUT2D eigenvalue weighted by Crippen LogP contribution is 2.34. The second kappa shape index (κ2) is 9.21. The van der Waals surface area contributed by atoms with Crippen LogP contribution in [0.15, 0.2) is 36.4 Å². The smallest absolute Gasteiger partial charge is 0.306 e. The van der Waals surface area contributed by atoms with Gasteiger partial charge in [-0.1, -0.05) is 41.9 Å². The highest BCUT2D eigenvalue weighted by atomic mass is 35.5. The lowest BCUT2D eigenvalue weighted by Gasteiger charge is -2.25. The summed E-state index contributed by atoms with van der Waals surface area (Å²) in [4.78, 5) is 36.2. The Morgan fingerprint density at radius 1 is 1.07 bits per heavy atom. The first kappa shape index (κ1) is 20.4.